The smallest absolute Gasteiger partial charge is 0.227 e. The number of ketones is 1. The molecular formula is C13H13F2NO2. The van der Waals surface area contributed by atoms with Gasteiger partial charge < -0.3 is 5.32 Å². The molecule has 3 nitrogen and oxygen atoms in total. The van der Waals surface area contributed by atoms with Crippen LogP contribution < -0.4 is 5.32 Å². The van der Waals surface area contributed by atoms with Crippen molar-refractivity contribution in [2.45, 2.75) is 25.7 Å². The van der Waals surface area contributed by atoms with E-state index in [0.29, 0.717) is 25.7 Å². The third-order valence-electron chi connectivity index (χ3n) is 3.10. The Morgan fingerprint density at radius 3 is 2.44 bits per heavy atom. The molecule has 0 bridgehead atoms. The summed E-state index contributed by atoms with van der Waals surface area (Å²) in [5.74, 6) is -2.24. The van der Waals surface area contributed by atoms with Gasteiger partial charge in [0.25, 0.3) is 0 Å². The number of nitrogens with one attached hydrogen (secondary N) is 1. The topological polar surface area (TPSA) is 46.2 Å². The van der Waals surface area contributed by atoms with Crippen molar-refractivity contribution in [3.8, 4) is 0 Å². The number of amides is 1. The first-order valence-corrected chi connectivity index (χ1v) is 5.84. The minimum atomic E-state index is -0.994. The van der Waals surface area contributed by atoms with Gasteiger partial charge in [0.05, 0.1) is 0 Å². The van der Waals surface area contributed by atoms with Crippen molar-refractivity contribution in [3.05, 3.63) is 29.8 Å². The maximum absolute atomic E-state index is 13.0. The van der Waals surface area contributed by atoms with Crippen LogP contribution in [0.3, 0.4) is 0 Å². The van der Waals surface area contributed by atoms with Crippen molar-refractivity contribution in [2.75, 3.05) is 5.32 Å². The Bertz CT molecular complexity index is 478. The predicted molar refractivity (Wildman–Crippen MR) is 62.0 cm³/mol. The van der Waals surface area contributed by atoms with Crippen molar-refractivity contribution in [1.29, 1.82) is 0 Å². The van der Waals surface area contributed by atoms with Crippen molar-refractivity contribution in [3.63, 3.8) is 0 Å². The molecule has 0 aliphatic heterocycles. The van der Waals surface area contributed by atoms with E-state index in [1.807, 2.05) is 0 Å². The van der Waals surface area contributed by atoms with Gasteiger partial charge in [-0.1, -0.05) is 0 Å². The van der Waals surface area contributed by atoms with Crippen LogP contribution in [0.4, 0.5) is 14.5 Å². The number of carbonyl (C=O) groups is 2. The zero-order valence-electron chi connectivity index (χ0n) is 9.71. The Balaban J connectivity index is 1.98. The van der Waals surface area contributed by atoms with Crippen LogP contribution in [-0.4, -0.2) is 11.7 Å². The van der Waals surface area contributed by atoms with E-state index in [9.17, 15) is 18.4 Å². The summed E-state index contributed by atoms with van der Waals surface area (Å²) in [4.78, 5) is 22.9. The molecule has 96 valence electrons. The fourth-order valence-corrected chi connectivity index (χ4v) is 2.02. The van der Waals surface area contributed by atoms with Gasteiger partial charge in [0.2, 0.25) is 5.91 Å². The van der Waals surface area contributed by atoms with Crippen molar-refractivity contribution in [1.82, 2.24) is 0 Å². The molecule has 1 saturated carbocycles. The summed E-state index contributed by atoms with van der Waals surface area (Å²) in [5.41, 5.74) is 0.232. The summed E-state index contributed by atoms with van der Waals surface area (Å²) in [6.45, 7) is 0. The van der Waals surface area contributed by atoms with Gasteiger partial charge in [-0.3, -0.25) is 9.59 Å². The Labute approximate surface area is 103 Å². The average Bonchev–Trinajstić information content (AvgIpc) is 2.34. The molecule has 5 heteroatoms. The Kier molecular flexibility index (Phi) is 3.69. The fourth-order valence-electron chi connectivity index (χ4n) is 2.02. The summed E-state index contributed by atoms with van der Waals surface area (Å²) in [5, 5.41) is 2.54. The summed E-state index contributed by atoms with van der Waals surface area (Å²) in [6.07, 6.45) is 1.87. The number of rotatable bonds is 2. The lowest BCUT2D eigenvalue weighted by Gasteiger charge is -2.20. The third-order valence-corrected chi connectivity index (χ3v) is 3.10. The number of hydrogen-bond donors (Lipinski definition) is 1. The summed E-state index contributed by atoms with van der Waals surface area (Å²) >= 11 is 0. The number of anilines is 1. The molecule has 0 saturated heterocycles. The lowest BCUT2D eigenvalue weighted by atomic mass is 9.88. The Hall–Kier alpha value is -1.78. The van der Waals surface area contributed by atoms with Gasteiger partial charge in [-0.15, -0.1) is 0 Å². The van der Waals surface area contributed by atoms with E-state index in [2.05, 4.69) is 5.32 Å². The van der Waals surface area contributed by atoms with Crippen molar-refractivity contribution >= 4 is 17.4 Å². The molecular weight excluding hydrogens is 240 g/mol. The molecule has 0 unspecified atom stereocenters. The number of hydrogen-bond acceptors (Lipinski definition) is 2. The molecule has 2 rings (SSSR count). The van der Waals surface area contributed by atoms with Gasteiger partial charge in [-0.05, 0) is 25.0 Å². The van der Waals surface area contributed by atoms with Gasteiger partial charge in [0.1, 0.15) is 5.78 Å². The second kappa shape index (κ2) is 5.25. The van der Waals surface area contributed by atoms with E-state index in [0.717, 1.165) is 12.1 Å². The van der Waals surface area contributed by atoms with Crippen LogP contribution in [-0.2, 0) is 9.59 Å². The Morgan fingerprint density at radius 1 is 1.17 bits per heavy atom. The molecule has 0 spiro atoms. The molecule has 1 fully saturated rings. The van der Waals surface area contributed by atoms with Crippen molar-refractivity contribution in [2.24, 2.45) is 5.92 Å². The zero-order valence-corrected chi connectivity index (χ0v) is 9.71. The largest absolute Gasteiger partial charge is 0.326 e. The molecule has 1 aromatic rings. The van der Waals surface area contributed by atoms with E-state index in [1.165, 1.54) is 6.07 Å². The van der Waals surface area contributed by atoms with E-state index < -0.39 is 11.6 Å². The molecule has 0 atom stereocenters. The standard InChI is InChI=1S/C13H13F2NO2/c14-11-6-3-9(7-12(11)15)16-13(18)8-1-4-10(17)5-2-8/h3,6-8H,1-2,4-5H2,(H,16,18). The Morgan fingerprint density at radius 2 is 1.83 bits per heavy atom. The predicted octanol–water partition coefficient (Wildman–Crippen LogP) is 2.66. The molecule has 1 aliphatic carbocycles. The average molecular weight is 253 g/mol. The summed E-state index contributed by atoms with van der Waals surface area (Å²) in [6, 6.07) is 3.22. The maximum atomic E-state index is 13.0. The molecule has 1 aliphatic rings. The molecule has 0 heterocycles. The van der Waals surface area contributed by atoms with Crippen LogP contribution in [0.15, 0.2) is 18.2 Å². The highest BCUT2D eigenvalue weighted by atomic mass is 19.2. The van der Waals surface area contributed by atoms with Crippen LogP contribution in [0.25, 0.3) is 0 Å². The van der Waals surface area contributed by atoms with E-state index in [1.54, 1.807) is 0 Å². The van der Waals surface area contributed by atoms with E-state index >= 15 is 0 Å². The molecule has 0 radical (unpaired) electrons. The highest BCUT2D eigenvalue weighted by Gasteiger charge is 2.24. The first-order chi connectivity index (χ1) is 8.56. The lowest BCUT2D eigenvalue weighted by Crippen LogP contribution is -2.27. The highest BCUT2D eigenvalue weighted by Crippen LogP contribution is 2.23. The normalized spacial score (nSPS) is 16.7. The molecule has 1 aromatic carbocycles. The summed E-state index contributed by atoms with van der Waals surface area (Å²) < 4.78 is 25.7. The second-order valence-electron chi connectivity index (χ2n) is 4.43. The first kappa shape index (κ1) is 12.7. The van der Waals surface area contributed by atoms with Crippen LogP contribution in [0.1, 0.15) is 25.7 Å². The molecule has 18 heavy (non-hydrogen) atoms. The van der Waals surface area contributed by atoms with Crippen LogP contribution in [0.5, 0.6) is 0 Å². The molecule has 1 N–H and O–H groups in total. The number of carbonyl (C=O) groups excluding carboxylic acids is 2. The monoisotopic (exact) mass is 253 g/mol. The number of halogens is 2. The first-order valence-electron chi connectivity index (χ1n) is 5.84. The SMILES string of the molecule is O=C1CCC(C(=O)Nc2ccc(F)c(F)c2)CC1. The lowest BCUT2D eigenvalue weighted by molar-refractivity contribution is -0.125. The number of benzene rings is 1. The number of Topliss-reactive ketones (excluding diaryl/α,β-unsaturated/α-hetero) is 1. The summed E-state index contributed by atoms with van der Waals surface area (Å²) in [7, 11) is 0. The van der Waals surface area contributed by atoms with Crippen LogP contribution >= 0.6 is 0 Å². The van der Waals surface area contributed by atoms with Gasteiger partial charge in [-0.2, -0.15) is 0 Å². The van der Waals surface area contributed by atoms with Gasteiger partial charge in [0.15, 0.2) is 11.6 Å². The molecule has 0 aromatic heterocycles. The molecule has 1 amide bonds. The van der Waals surface area contributed by atoms with E-state index in [-0.39, 0.29) is 23.3 Å². The second-order valence-corrected chi connectivity index (χ2v) is 4.43. The maximum Gasteiger partial charge on any atom is 0.227 e. The van der Waals surface area contributed by atoms with E-state index in [4.69, 9.17) is 0 Å². The minimum Gasteiger partial charge on any atom is -0.326 e. The third kappa shape index (κ3) is 2.91. The van der Waals surface area contributed by atoms with Gasteiger partial charge in [-0.25, -0.2) is 8.78 Å². The minimum absolute atomic E-state index is 0.173. The van der Waals surface area contributed by atoms with Crippen LogP contribution in [0.2, 0.25) is 0 Å². The highest BCUT2D eigenvalue weighted by molar-refractivity contribution is 5.94. The van der Waals surface area contributed by atoms with Gasteiger partial charge in [0, 0.05) is 30.5 Å². The van der Waals surface area contributed by atoms with Crippen molar-refractivity contribution < 1.29 is 18.4 Å². The van der Waals surface area contributed by atoms with Crippen LogP contribution in [0, 0.1) is 17.6 Å². The van der Waals surface area contributed by atoms with Gasteiger partial charge >= 0.3 is 0 Å². The quantitative estimate of drug-likeness (QED) is 0.880. The zero-order chi connectivity index (χ0) is 13.1. The fraction of sp³-hybridized carbons (Fsp3) is 0.385.